The molecule has 190 valence electrons. The lowest BCUT2D eigenvalue weighted by Crippen LogP contribution is -2.40. The Hall–Kier alpha value is -3.28. The van der Waals surface area contributed by atoms with Crippen molar-refractivity contribution in [2.75, 3.05) is 20.3 Å². The first-order valence-electron chi connectivity index (χ1n) is 11.5. The molecule has 1 aliphatic heterocycles. The molecule has 9 nitrogen and oxygen atoms in total. The minimum atomic E-state index is -3.89. The van der Waals surface area contributed by atoms with Crippen LogP contribution < -0.4 is 9.54 Å². The van der Waals surface area contributed by atoms with Crippen molar-refractivity contribution in [2.45, 2.75) is 37.2 Å². The van der Waals surface area contributed by atoms with E-state index in [1.807, 2.05) is 4.57 Å². The molecule has 0 saturated carbocycles. The second-order valence-electron chi connectivity index (χ2n) is 8.09. The van der Waals surface area contributed by atoms with Gasteiger partial charge in [-0.15, -0.1) is 6.58 Å². The van der Waals surface area contributed by atoms with E-state index in [4.69, 9.17) is 9.47 Å². The van der Waals surface area contributed by atoms with Gasteiger partial charge >= 0.3 is 5.97 Å². The Bertz CT molecular complexity index is 1470. The maximum absolute atomic E-state index is 13.3. The number of hydrogen-bond acceptors (Lipinski definition) is 7. The van der Waals surface area contributed by atoms with Crippen molar-refractivity contribution in [1.29, 1.82) is 0 Å². The van der Waals surface area contributed by atoms with E-state index >= 15 is 0 Å². The predicted octanol–water partition coefficient (Wildman–Crippen LogP) is 3.35. The van der Waals surface area contributed by atoms with Crippen LogP contribution in [-0.2, 0) is 26.1 Å². The number of hydrogen-bond donors (Lipinski definition) is 0. The average molecular weight is 530 g/mol. The van der Waals surface area contributed by atoms with Crippen LogP contribution in [0.3, 0.4) is 0 Å². The van der Waals surface area contributed by atoms with Gasteiger partial charge in [-0.2, -0.15) is 9.30 Å². The summed E-state index contributed by atoms with van der Waals surface area (Å²) in [5.74, 6) is -0.414. The Kier molecular flexibility index (Phi) is 7.72. The molecule has 2 heterocycles. The van der Waals surface area contributed by atoms with Crippen molar-refractivity contribution >= 4 is 43.5 Å². The molecule has 1 fully saturated rings. The minimum absolute atomic E-state index is 0.0954. The Labute approximate surface area is 213 Å². The van der Waals surface area contributed by atoms with E-state index < -0.39 is 27.9 Å². The van der Waals surface area contributed by atoms with Gasteiger partial charge in [-0.1, -0.05) is 17.4 Å². The normalized spacial score (nSPS) is 16.8. The number of thiazole rings is 1. The van der Waals surface area contributed by atoms with Crippen LogP contribution in [0.5, 0.6) is 5.75 Å². The number of benzene rings is 2. The van der Waals surface area contributed by atoms with Crippen LogP contribution in [0.25, 0.3) is 10.2 Å². The first kappa shape index (κ1) is 25.8. The zero-order valence-electron chi connectivity index (χ0n) is 20.0. The van der Waals surface area contributed by atoms with Gasteiger partial charge in [-0.05, 0) is 62.2 Å². The number of fused-ring (bicyclic) bond motifs is 1. The molecule has 1 atom stereocenters. The first-order valence-corrected chi connectivity index (χ1v) is 13.7. The summed E-state index contributed by atoms with van der Waals surface area (Å²) in [5.41, 5.74) is 1.19. The third-order valence-corrected chi connectivity index (χ3v) is 8.83. The van der Waals surface area contributed by atoms with Gasteiger partial charge in [0.25, 0.3) is 5.91 Å². The van der Waals surface area contributed by atoms with Crippen LogP contribution >= 0.6 is 11.3 Å². The fourth-order valence-electron chi connectivity index (χ4n) is 4.13. The van der Waals surface area contributed by atoms with Gasteiger partial charge in [-0.25, -0.2) is 13.2 Å². The van der Waals surface area contributed by atoms with Gasteiger partial charge in [-0.3, -0.25) is 4.79 Å². The van der Waals surface area contributed by atoms with E-state index in [0.717, 1.165) is 10.2 Å². The lowest BCUT2D eigenvalue weighted by Gasteiger charge is -2.21. The molecule has 0 aliphatic carbocycles. The quantitative estimate of drug-likeness (QED) is 0.327. The number of methoxy groups -OCH3 is 1. The molecule has 2 aromatic carbocycles. The van der Waals surface area contributed by atoms with Gasteiger partial charge in [0.2, 0.25) is 10.0 Å². The van der Waals surface area contributed by atoms with Crippen LogP contribution in [0.1, 0.15) is 30.1 Å². The number of allylic oxidation sites excluding steroid dienone is 1. The number of nitrogens with zero attached hydrogens (tertiary/aromatic N) is 3. The summed E-state index contributed by atoms with van der Waals surface area (Å²) in [5, 5.41) is 0. The predicted molar refractivity (Wildman–Crippen MR) is 136 cm³/mol. The maximum atomic E-state index is 13.3. The Morgan fingerprint density at radius 3 is 2.64 bits per heavy atom. The van der Waals surface area contributed by atoms with Crippen LogP contribution in [-0.4, -0.2) is 55.5 Å². The van der Waals surface area contributed by atoms with E-state index in [2.05, 4.69) is 11.6 Å². The summed E-state index contributed by atoms with van der Waals surface area (Å²) in [6.07, 6.45) is 2.63. The van der Waals surface area contributed by atoms with Crippen molar-refractivity contribution in [3.05, 3.63) is 65.5 Å². The fraction of sp³-hybridized carbons (Fsp3) is 0.320. The van der Waals surface area contributed by atoms with Crippen molar-refractivity contribution in [1.82, 2.24) is 8.87 Å². The number of ether oxygens (including phenoxy) is 2. The number of amides is 1. The molecule has 11 heteroatoms. The zero-order valence-corrected chi connectivity index (χ0v) is 21.7. The monoisotopic (exact) mass is 529 g/mol. The fourth-order valence-corrected chi connectivity index (χ4v) is 6.87. The van der Waals surface area contributed by atoms with Crippen LogP contribution in [0.4, 0.5) is 0 Å². The molecule has 0 N–H and O–H groups in total. The molecule has 3 aromatic rings. The molecule has 1 aliphatic rings. The molecule has 1 unspecified atom stereocenters. The summed E-state index contributed by atoms with van der Waals surface area (Å²) in [7, 11) is -2.39. The minimum Gasteiger partial charge on any atom is -0.497 e. The lowest BCUT2D eigenvalue weighted by atomic mass is 10.2. The zero-order chi connectivity index (χ0) is 25.9. The van der Waals surface area contributed by atoms with E-state index in [9.17, 15) is 18.0 Å². The number of rotatable bonds is 8. The third kappa shape index (κ3) is 4.99. The molecule has 0 spiro atoms. The molecule has 36 heavy (non-hydrogen) atoms. The third-order valence-electron chi connectivity index (χ3n) is 5.87. The average Bonchev–Trinajstić information content (AvgIpc) is 3.50. The highest BCUT2D eigenvalue weighted by Crippen LogP contribution is 2.28. The van der Waals surface area contributed by atoms with E-state index in [0.29, 0.717) is 35.5 Å². The number of carbonyl (C=O) groups is 2. The molecule has 0 bridgehead atoms. The highest BCUT2D eigenvalue weighted by atomic mass is 32.2. The molecule has 1 saturated heterocycles. The van der Waals surface area contributed by atoms with Crippen LogP contribution in [0.15, 0.2) is 65.0 Å². The van der Waals surface area contributed by atoms with E-state index in [-0.39, 0.29) is 18.0 Å². The standard InChI is InChI=1S/C25H27N3O6S2/c1-4-14-27-20-13-8-17(24(30)34-5-2)16-22(20)35-25(27)26-23(29)21-7-6-15-28(21)36(31,32)19-11-9-18(33-3)10-12-19/h4,8-13,16,21H,1,5-7,14-15H2,2-3H3. The van der Waals surface area contributed by atoms with Crippen LogP contribution in [0.2, 0.25) is 0 Å². The molecular weight excluding hydrogens is 502 g/mol. The van der Waals surface area contributed by atoms with Crippen molar-refractivity contribution in [3.8, 4) is 5.75 Å². The van der Waals surface area contributed by atoms with E-state index in [1.54, 1.807) is 43.3 Å². The summed E-state index contributed by atoms with van der Waals surface area (Å²) in [6.45, 7) is 6.43. The molecule has 1 amide bonds. The maximum Gasteiger partial charge on any atom is 0.338 e. The molecular formula is C25H27N3O6S2. The summed E-state index contributed by atoms with van der Waals surface area (Å²) in [4.78, 5) is 30.3. The van der Waals surface area contributed by atoms with Crippen molar-refractivity contribution in [2.24, 2.45) is 4.99 Å². The number of esters is 1. The second kappa shape index (κ2) is 10.8. The largest absolute Gasteiger partial charge is 0.497 e. The summed E-state index contributed by atoms with van der Waals surface area (Å²) in [6, 6.07) is 10.3. The SMILES string of the molecule is C=CCn1c(=NC(=O)C2CCCN2S(=O)(=O)c2ccc(OC)cc2)sc2cc(C(=O)OCC)ccc21. The number of carbonyl (C=O) groups excluding carboxylic acids is 2. The number of sulfonamides is 1. The van der Waals surface area contributed by atoms with Gasteiger partial charge < -0.3 is 14.0 Å². The van der Waals surface area contributed by atoms with Crippen molar-refractivity contribution in [3.63, 3.8) is 0 Å². The van der Waals surface area contributed by atoms with Gasteiger partial charge in [0.15, 0.2) is 4.80 Å². The number of aromatic nitrogens is 1. The molecule has 1 aromatic heterocycles. The topological polar surface area (TPSA) is 107 Å². The Balaban J connectivity index is 1.70. The summed E-state index contributed by atoms with van der Waals surface area (Å²) >= 11 is 1.25. The highest BCUT2D eigenvalue weighted by Gasteiger charge is 2.39. The smallest absolute Gasteiger partial charge is 0.338 e. The lowest BCUT2D eigenvalue weighted by molar-refractivity contribution is -0.121. The van der Waals surface area contributed by atoms with Crippen molar-refractivity contribution < 1.29 is 27.5 Å². The Morgan fingerprint density at radius 2 is 1.97 bits per heavy atom. The van der Waals surface area contributed by atoms with Crippen LogP contribution in [0, 0.1) is 0 Å². The highest BCUT2D eigenvalue weighted by molar-refractivity contribution is 7.89. The summed E-state index contributed by atoms with van der Waals surface area (Å²) < 4.78 is 40.6. The second-order valence-corrected chi connectivity index (χ2v) is 11.0. The Morgan fingerprint density at radius 1 is 1.22 bits per heavy atom. The molecule has 4 rings (SSSR count). The van der Waals surface area contributed by atoms with Gasteiger partial charge in [0.05, 0.1) is 34.4 Å². The first-order chi connectivity index (χ1) is 17.3. The van der Waals surface area contributed by atoms with Gasteiger partial charge in [0.1, 0.15) is 11.8 Å². The van der Waals surface area contributed by atoms with Gasteiger partial charge in [0, 0.05) is 13.1 Å². The molecule has 0 radical (unpaired) electrons. The van der Waals surface area contributed by atoms with E-state index in [1.165, 1.54) is 34.9 Å².